The number of nitrogens with one attached hydrogen (secondary N) is 2. The van der Waals surface area contributed by atoms with Crippen molar-refractivity contribution >= 4 is 23.7 Å². The third-order valence-electron chi connectivity index (χ3n) is 2.86. The standard InChI is InChI=1S/C14H18N2O2S/c1-10(19-9-11-5-3-2-4-6-11)13(17)16-14(18)15-12-7-8-12/h2-6,10,12H,7-9H2,1H3,(H2,15,16,17,18). The first kappa shape index (κ1) is 13.9. The second-order valence-corrected chi connectivity index (χ2v) is 6.00. The van der Waals surface area contributed by atoms with Crippen molar-refractivity contribution in [3.05, 3.63) is 35.9 Å². The largest absolute Gasteiger partial charge is 0.335 e. The fourth-order valence-corrected chi connectivity index (χ4v) is 2.38. The average molecular weight is 278 g/mol. The van der Waals surface area contributed by atoms with Crippen molar-refractivity contribution in [3.63, 3.8) is 0 Å². The maximum atomic E-state index is 11.8. The lowest BCUT2D eigenvalue weighted by molar-refractivity contribution is -0.119. The highest BCUT2D eigenvalue weighted by molar-refractivity contribution is 7.99. The fraction of sp³-hybridized carbons (Fsp3) is 0.429. The molecule has 1 aromatic rings. The molecule has 1 aliphatic carbocycles. The highest BCUT2D eigenvalue weighted by atomic mass is 32.2. The third-order valence-corrected chi connectivity index (χ3v) is 4.08. The van der Waals surface area contributed by atoms with Crippen LogP contribution in [0.2, 0.25) is 0 Å². The van der Waals surface area contributed by atoms with Crippen LogP contribution in [0.25, 0.3) is 0 Å². The van der Waals surface area contributed by atoms with E-state index in [2.05, 4.69) is 10.6 Å². The molecule has 3 amide bonds. The molecule has 5 heteroatoms. The van der Waals surface area contributed by atoms with Gasteiger partial charge in [-0.15, -0.1) is 11.8 Å². The number of thioether (sulfide) groups is 1. The van der Waals surface area contributed by atoms with Crippen LogP contribution in [-0.2, 0) is 10.5 Å². The van der Waals surface area contributed by atoms with Gasteiger partial charge < -0.3 is 5.32 Å². The number of rotatable bonds is 5. The number of hydrogen-bond acceptors (Lipinski definition) is 3. The highest BCUT2D eigenvalue weighted by Crippen LogP contribution is 2.19. The van der Waals surface area contributed by atoms with Crippen molar-refractivity contribution in [1.29, 1.82) is 0 Å². The van der Waals surface area contributed by atoms with E-state index in [-0.39, 0.29) is 23.2 Å². The molecule has 0 heterocycles. The maximum Gasteiger partial charge on any atom is 0.321 e. The van der Waals surface area contributed by atoms with Gasteiger partial charge in [0.25, 0.3) is 0 Å². The SMILES string of the molecule is CC(SCc1ccccc1)C(=O)NC(=O)NC1CC1. The molecule has 0 aliphatic heterocycles. The van der Waals surface area contributed by atoms with Crippen molar-refractivity contribution in [2.75, 3.05) is 0 Å². The molecule has 1 aromatic carbocycles. The van der Waals surface area contributed by atoms with Crippen molar-refractivity contribution in [2.45, 2.75) is 36.8 Å². The van der Waals surface area contributed by atoms with Crippen molar-refractivity contribution < 1.29 is 9.59 Å². The van der Waals surface area contributed by atoms with Gasteiger partial charge in [-0.2, -0.15) is 0 Å². The van der Waals surface area contributed by atoms with Crippen LogP contribution in [0.3, 0.4) is 0 Å². The van der Waals surface area contributed by atoms with Crippen LogP contribution in [-0.4, -0.2) is 23.2 Å². The average Bonchev–Trinajstić information content (AvgIpc) is 3.20. The van der Waals surface area contributed by atoms with Crippen molar-refractivity contribution in [2.24, 2.45) is 0 Å². The van der Waals surface area contributed by atoms with E-state index < -0.39 is 0 Å². The highest BCUT2D eigenvalue weighted by Gasteiger charge is 2.24. The van der Waals surface area contributed by atoms with Gasteiger partial charge in [0, 0.05) is 11.8 Å². The fourth-order valence-electron chi connectivity index (χ4n) is 1.53. The number of benzene rings is 1. The zero-order valence-corrected chi connectivity index (χ0v) is 11.7. The first-order valence-electron chi connectivity index (χ1n) is 6.42. The van der Waals surface area contributed by atoms with E-state index in [4.69, 9.17) is 0 Å². The molecule has 0 aromatic heterocycles. The van der Waals surface area contributed by atoms with Crippen LogP contribution in [0.5, 0.6) is 0 Å². The second-order valence-electron chi connectivity index (χ2n) is 4.68. The number of imide groups is 1. The van der Waals surface area contributed by atoms with E-state index in [0.29, 0.717) is 0 Å². The molecule has 0 radical (unpaired) electrons. The monoisotopic (exact) mass is 278 g/mol. The van der Waals surface area contributed by atoms with E-state index in [1.165, 1.54) is 17.3 Å². The predicted molar refractivity (Wildman–Crippen MR) is 76.9 cm³/mol. The summed E-state index contributed by atoms with van der Waals surface area (Å²) in [4.78, 5) is 23.2. The Hall–Kier alpha value is -1.49. The molecule has 0 spiro atoms. The Morgan fingerprint density at radius 1 is 1.32 bits per heavy atom. The molecule has 1 unspecified atom stereocenters. The minimum absolute atomic E-state index is 0.237. The quantitative estimate of drug-likeness (QED) is 0.869. The van der Waals surface area contributed by atoms with Crippen LogP contribution in [0.4, 0.5) is 4.79 Å². The summed E-state index contributed by atoms with van der Waals surface area (Å²) < 4.78 is 0. The Morgan fingerprint density at radius 3 is 2.63 bits per heavy atom. The summed E-state index contributed by atoms with van der Waals surface area (Å²) in [5, 5.41) is 4.87. The van der Waals surface area contributed by atoms with Gasteiger partial charge in [-0.3, -0.25) is 10.1 Å². The van der Waals surface area contributed by atoms with Gasteiger partial charge in [-0.25, -0.2) is 4.79 Å². The first-order chi connectivity index (χ1) is 9.15. The Labute approximate surface area is 117 Å². The number of carbonyl (C=O) groups is 2. The summed E-state index contributed by atoms with van der Waals surface area (Å²) in [6.07, 6.45) is 2.03. The summed E-state index contributed by atoms with van der Waals surface area (Å²) in [7, 11) is 0. The van der Waals surface area contributed by atoms with E-state index in [0.717, 1.165) is 18.6 Å². The van der Waals surface area contributed by atoms with Crippen LogP contribution >= 0.6 is 11.8 Å². The molecular formula is C14H18N2O2S. The van der Waals surface area contributed by atoms with E-state index in [9.17, 15) is 9.59 Å². The maximum absolute atomic E-state index is 11.8. The summed E-state index contributed by atoms with van der Waals surface area (Å²) in [6, 6.07) is 9.86. The van der Waals surface area contributed by atoms with Crippen LogP contribution < -0.4 is 10.6 Å². The van der Waals surface area contributed by atoms with Gasteiger partial charge in [-0.1, -0.05) is 30.3 Å². The minimum atomic E-state index is -0.375. The van der Waals surface area contributed by atoms with Gasteiger partial charge in [0.05, 0.1) is 5.25 Å². The molecule has 102 valence electrons. The second kappa shape index (κ2) is 6.61. The van der Waals surface area contributed by atoms with Crippen LogP contribution in [0, 0.1) is 0 Å². The van der Waals surface area contributed by atoms with Crippen LogP contribution in [0.1, 0.15) is 25.3 Å². The van der Waals surface area contributed by atoms with Crippen molar-refractivity contribution in [1.82, 2.24) is 10.6 Å². The molecule has 1 aliphatic rings. The number of carbonyl (C=O) groups excluding carboxylic acids is 2. The molecule has 4 nitrogen and oxygen atoms in total. The molecule has 0 bridgehead atoms. The summed E-state index contributed by atoms with van der Waals surface area (Å²) in [6.45, 7) is 1.81. The van der Waals surface area contributed by atoms with E-state index >= 15 is 0 Å². The Bertz CT molecular complexity index is 446. The van der Waals surface area contributed by atoms with Gasteiger partial charge >= 0.3 is 6.03 Å². The molecule has 19 heavy (non-hydrogen) atoms. The Morgan fingerprint density at radius 2 is 2.00 bits per heavy atom. The number of urea groups is 1. The molecule has 2 N–H and O–H groups in total. The predicted octanol–water partition coefficient (Wildman–Crippen LogP) is 2.30. The zero-order chi connectivity index (χ0) is 13.7. The zero-order valence-electron chi connectivity index (χ0n) is 10.9. The summed E-state index contributed by atoms with van der Waals surface area (Å²) in [5.74, 6) is 0.527. The number of hydrogen-bond donors (Lipinski definition) is 2. The minimum Gasteiger partial charge on any atom is -0.335 e. The van der Waals surface area contributed by atoms with Gasteiger partial charge in [0.2, 0.25) is 5.91 Å². The van der Waals surface area contributed by atoms with Crippen LogP contribution in [0.15, 0.2) is 30.3 Å². The van der Waals surface area contributed by atoms with Gasteiger partial charge in [0.15, 0.2) is 0 Å². The molecule has 0 saturated heterocycles. The molecular weight excluding hydrogens is 260 g/mol. The Kier molecular flexibility index (Phi) is 4.85. The lowest BCUT2D eigenvalue weighted by atomic mass is 10.2. The normalized spacial score (nSPS) is 15.6. The van der Waals surface area contributed by atoms with Crippen molar-refractivity contribution in [3.8, 4) is 0 Å². The topological polar surface area (TPSA) is 58.2 Å². The van der Waals surface area contributed by atoms with E-state index in [1.54, 1.807) is 0 Å². The lowest BCUT2D eigenvalue weighted by Gasteiger charge is -2.11. The Balaban J connectivity index is 1.71. The lowest BCUT2D eigenvalue weighted by Crippen LogP contribution is -2.43. The molecule has 1 atom stereocenters. The number of amides is 3. The molecule has 1 saturated carbocycles. The summed E-state index contributed by atoms with van der Waals surface area (Å²) >= 11 is 1.52. The molecule has 2 rings (SSSR count). The van der Waals surface area contributed by atoms with Gasteiger partial charge in [-0.05, 0) is 25.3 Å². The molecule has 1 fully saturated rings. The smallest absolute Gasteiger partial charge is 0.321 e. The summed E-state index contributed by atoms with van der Waals surface area (Å²) in [5.41, 5.74) is 1.18. The van der Waals surface area contributed by atoms with E-state index in [1.807, 2.05) is 37.3 Å². The van der Waals surface area contributed by atoms with Gasteiger partial charge in [0.1, 0.15) is 0 Å². The first-order valence-corrected chi connectivity index (χ1v) is 7.47. The third kappa shape index (κ3) is 4.95.